The molecule has 1 unspecified atom stereocenters. The number of aryl methyl sites for hydroxylation is 1. The SMILES string of the molecule is O=C(CCn1ccnc1)N1CCC(C(=O)O)(C(F)(F)F)C1. The number of rotatable bonds is 4. The maximum Gasteiger partial charge on any atom is 0.406 e. The molecule has 116 valence electrons. The normalized spacial score (nSPS) is 22.5. The van der Waals surface area contributed by atoms with E-state index in [1.165, 1.54) is 12.5 Å². The van der Waals surface area contributed by atoms with Gasteiger partial charge in [-0.2, -0.15) is 13.2 Å². The number of aromatic nitrogens is 2. The number of imidazole rings is 1. The van der Waals surface area contributed by atoms with Gasteiger partial charge in [0.25, 0.3) is 0 Å². The van der Waals surface area contributed by atoms with Gasteiger partial charge in [-0.3, -0.25) is 9.59 Å². The molecule has 1 fully saturated rings. The second-order valence-corrected chi connectivity index (χ2v) is 5.00. The Kier molecular flexibility index (Phi) is 3.93. The van der Waals surface area contributed by atoms with E-state index >= 15 is 0 Å². The number of hydrogen-bond acceptors (Lipinski definition) is 3. The van der Waals surface area contributed by atoms with Gasteiger partial charge < -0.3 is 14.6 Å². The van der Waals surface area contributed by atoms with Crippen LogP contribution < -0.4 is 0 Å². The standard InChI is InChI=1S/C12H14F3N3O3/c13-12(14,15)11(10(20)21)2-5-18(7-11)9(19)1-4-17-6-3-16-8-17/h3,6,8H,1-2,4-5,7H2,(H,20,21). The van der Waals surface area contributed by atoms with Crippen molar-refractivity contribution in [1.29, 1.82) is 0 Å². The molecule has 1 aromatic heterocycles. The lowest BCUT2D eigenvalue weighted by Gasteiger charge is -2.27. The lowest BCUT2D eigenvalue weighted by molar-refractivity contribution is -0.227. The van der Waals surface area contributed by atoms with E-state index in [4.69, 9.17) is 5.11 Å². The van der Waals surface area contributed by atoms with E-state index in [9.17, 15) is 22.8 Å². The highest BCUT2D eigenvalue weighted by atomic mass is 19.4. The molecule has 0 saturated carbocycles. The van der Waals surface area contributed by atoms with Crippen LogP contribution in [0.3, 0.4) is 0 Å². The summed E-state index contributed by atoms with van der Waals surface area (Å²) in [6, 6.07) is 0. The van der Waals surface area contributed by atoms with Crippen LogP contribution in [-0.4, -0.2) is 50.7 Å². The number of amides is 1. The van der Waals surface area contributed by atoms with Gasteiger partial charge in [-0.15, -0.1) is 0 Å². The van der Waals surface area contributed by atoms with Gasteiger partial charge in [0.05, 0.1) is 6.33 Å². The van der Waals surface area contributed by atoms with Gasteiger partial charge in [0.2, 0.25) is 5.91 Å². The van der Waals surface area contributed by atoms with Gasteiger partial charge in [0.15, 0.2) is 5.41 Å². The van der Waals surface area contributed by atoms with Crippen LogP contribution in [0.25, 0.3) is 0 Å². The van der Waals surface area contributed by atoms with Crippen molar-refractivity contribution >= 4 is 11.9 Å². The van der Waals surface area contributed by atoms with Gasteiger partial charge in [0, 0.05) is 38.4 Å². The van der Waals surface area contributed by atoms with E-state index in [1.54, 1.807) is 10.8 Å². The predicted octanol–water partition coefficient (Wildman–Crippen LogP) is 1.14. The largest absolute Gasteiger partial charge is 0.481 e. The van der Waals surface area contributed by atoms with Gasteiger partial charge in [-0.25, -0.2) is 4.98 Å². The maximum atomic E-state index is 13.0. The van der Waals surface area contributed by atoms with Crippen molar-refractivity contribution in [3.05, 3.63) is 18.7 Å². The van der Waals surface area contributed by atoms with Gasteiger partial charge in [0.1, 0.15) is 0 Å². The van der Waals surface area contributed by atoms with E-state index in [-0.39, 0.29) is 13.0 Å². The lowest BCUT2D eigenvalue weighted by atomic mass is 9.86. The van der Waals surface area contributed by atoms with Gasteiger partial charge >= 0.3 is 12.1 Å². The molecule has 0 aromatic carbocycles. The van der Waals surface area contributed by atoms with E-state index in [2.05, 4.69) is 4.98 Å². The number of nitrogens with zero attached hydrogens (tertiary/aromatic N) is 3. The first kappa shape index (κ1) is 15.3. The van der Waals surface area contributed by atoms with E-state index < -0.39 is 36.4 Å². The zero-order valence-corrected chi connectivity index (χ0v) is 11.0. The molecule has 21 heavy (non-hydrogen) atoms. The van der Waals surface area contributed by atoms with Crippen LogP contribution in [-0.2, 0) is 16.1 Å². The summed E-state index contributed by atoms with van der Waals surface area (Å²) in [5.41, 5.74) is -2.85. The fraction of sp³-hybridized carbons (Fsp3) is 0.583. The number of carboxylic acid groups (broad SMARTS) is 1. The minimum atomic E-state index is -4.88. The predicted molar refractivity (Wildman–Crippen MR) is 64.2 cm³/mol. The Morgan fingerprint density at radius 1 is 1.38 bits per heavy atom. The van der Waals surface area contributed by atoms with Crippen LogP contribution in [0, 0.1) is 5.41 Å². The average molecular weight is 305 g/mol. The summed E-state index contributed by atoms with van der Waals surface area (Å²) in [7, 11) is 0. The summed E-state index contributed by atoms with van der Waals surface area (Å²) >= 11 is 0. The van der Waals surface area contributed by atoms with Crippen LogP contribution in [0.5, 0.6) is 0 Å². The van der Waals surface area contributed by atoms with Crippen molar-refractivity contribution in [2.45, 2.75) is 25.6 Å². The first-order valence-electron chi connectivity index (χ1n) is 6.30. The zero-order chi connectivity index (χ0) is 15.7. The van der Waals surface area contributed by atoms with E-state index in [0.717, 1.165) is 4.90 Å². The van der Waals surface area contributed by atoms with Crippen molar-refractivity contribution in [2.24, 2.45) is 5.41 Å². The molecule has 1 amide bonds. The quantitative estimate of drug-likeness (QED) is 0.905. The number of halogens is 3. The summed E-state index contributed by atoms with van der Waals surface area (Å²) in [5, 5.41) is 8.91. The Morgan fingerprint density at radius 3 is 2.57 bits per heavy atom. The van der Waals surface area contributed by atoms with Crippen LogP contribution in [0.4, 0.5) is 13.2 Å². The molecule has 0 bridgehead atoms. The summed E-state index contributed by atoms with van der Waals surface area (Å²) < 4.78 is 40.6. The van der Waals surface area contributed by atoms with Crippen LogP contribution in [0.2, 0.25) is 0 Å². The first-order valence-corrected chi connectivity index (χ1v) is 6.30. The van der Waals surface area contributed by atoms with Crippen LogP contribution in [0.1, 0.15) is 12.8 Å². The summed E-state index contributed by atoms with van der Waals surface area (Å²) in [5.74, 6) is -2.42. The van der Waals surface area contributed by atoms with Crippen LogP contribution in [0.15, 0.2) is 18.7 Å². The topological polar surface area (TPSA) is 75.4 Å². The number of aliphatic carboxylic acids is 1. The Hall–Kier alpha value is -2.06. The Balaban J connectivity index is 2.00. The molecule has 0 spiro atoms. The molecular formula is C12H14F3N3O3. The molecule has 2 heterocycles. The molecule has 6 nitrogen and oxygen atoms in total. The fourth-order valence-corrected chi connectivity index (χ4v) is 2.35. The molecule has 1 aliphatic rings. The fourth-order valence-electron chi connectivity index (χ4n) is 2.35. The third kappa shape index (κ3) is 2.86. The second-order valence-electron chi connectivity index (χ2n) is 5.00. The highest BCUT2D eigenvalue weighted by molar-refractivity contribution is 5.81. The number of likely N-dealkylation sites (tertiary alicyclic amines) is 1. The number of carbonyl (C=O) groups excluding carboxylic acids is 1. The van der Waals surface area contributed by atoms with Gasteiger partial charge in [-0.05, 0) is 6.42 Å². The minimum absolute atomic E-state index is 0.00389. The molecule has 2 rings (SSSR count). The average Bonchev–Trinajstić information content (AvgIpc) is 3.04. The molecule has 1 saturated heterocycles. The van der Waals surface area contributed by atoms with E-state index in [0.29, 0.717) is 6.54 Å². The Labute approximate surface area is 118 Å². The van der Waals surface area contributed by atoms with Crippen molar-refractivity contribution in [3.63, 3.8) is 0 Å². The molecule has 0 radical (unpaired) electrons. The van der Waals surface area contributed by atoms with Crippen molar-refractivity contribution in [2.75, 3.05) is 13.1 Å². The molecule has 9 heteroatoms. The van der Waals surface area contributed by atoms with E-state index in [1.807, 2.05) is 0 Å². The second kappa shape index (κ2) is 5.38. The van der Waals surface area contributed by atoms with Gasteiger partial charge in [-0.1, -0.05) is 0 Å². The smallest absolute Gasteiger partial charge is 0.406 e. The van der Waals surface area contributed by atoms with Crippen molar-refractivity contribution in [3.8, 4) is 0 Å². The van der Waals surface area contributed by atoms with Crippen molar-refractivity contribution in [1.82, 2.24) is 14.5 Å². The highest BCUT2D eigenvalue weighted by Gasteiger charge is 2.64. The summed E-state index contributed by atoms with van der Waals surface area (Å²) in [6.07, 6.45) is -0.826. The maximum absolute atomic E-state index is 13.0. The summed E-state index contributed by atoms with van der Waals surface area (Å²) in [4.78, 5) is 27.7. The zero-order valence-electron chi connectivity index (χ0n) is 11.0. The molecule has 1 aromatic rings. The molecule has 1 N–H and O–H groups in total. The number of carbonyl (C=O) groups is 2. The number of carboxylic acids is 1. The summed E-state index contributed by atoms with van der Waals surface area (Å²) in [6.45, 7) is -0.732. The molecular weight excluding hydrogens is 291 g/mol. The molecule has 1 atom stereocenters. The first-order chi connectivity index (χ1) is 9.76. The highest BCUT2D eigenvalue weighted by Crippen LogP contribution is 2.45. The number of hydrogen-bond donors (Lipinski definition) is 1. The van der Waals surface area contributed by atoms with Crippen LogP contribution >= 0.6 is 0 Å². The lowest BCUT2D eigenvalue weighted by Crippen LogP contribution is -2.47. The number of alkyl halides is 3. The minimum Gasteiger partial charge on any atom is -0.481 e. The molecule has 1 aliphatic heterocycles. The third-order valence-electron chi connectivity index (χ3n) is 3.72. The molecule has 0 aliphatic carbocycles. The Morgan fingerprint density at radius 2 is 2.10 bits per heavy atom. The third-order valence-corrected chi connectivity index (χ3v) is 3.72. The van der Waals surface area contributed by atoms with Crippen molar-refractivity contribution < 1.29 is 27.9 Å². The monoisotopic (exact) mass is 305 g/mol. The Bertz CT molecular complexity index is 530.